The largest absolute Gasteiger partial charge is 0.356 e. The molecule has 160 valence electrons. The van der Waals surface area contributed by atoms with Gasteiger partial charge in [-0.3, -0.25) is 4.79 Å². The van der Waals surface area contributed by atoms with E-state index in [-0.39, 0.29) is 18.4 Å². The SMILES string of the molecule is CCN(CCCNC(=O)C1CCCN(S(=O)(=O)c2ccc(C)s2)C1)S(C)(=O)=O. The van der Waals surface area contributed by atoms with E-state index < -0.39 is 20.0 Å². The van der Waals surface area contributed by atoms with Gasteiger partial charge in [-0.25, -0.2) is 21.1 Å². The van der Waals surface area contributed by atoms with Gasteiger partial charge in [0, 0.05) is 37.6 Å². The van der Waals surface area contributed by atoms with Gasteiger partial charge in [0.25, 0.3) is 10.0 Å². The van der Waals surface area contributed by atoms with E-state index in [1.807, 2.05) is 6.92 Å². The average molecular weight is 452 g/mol. The second-order valence-electron chi connectivity index (χ2n) is 6.97. The van der Waals surface area contributed by atoms with Crippen molar-refractivity contribution in [1.82, 2.24) is 13.9 Å². The Hall–Kier alpha value is -1.01. The van der Waals surface area contributed by atoms with Gasteiger partial charge in [-0.15, -0.1) is 11.3 Å². The van der Waals surface area contributed by atoms with Crippen LogP contribution < -0.4 is 5.32 Å². The Balaban J connectivity index is 1.87. The topological polar surface area (TPSA) is 104 Å². The molecule has 0 radical (unpaired) electrons. The van der Waals surface area contributed by atoms with E-state index in [0.29, 0.717) is 49.7 Å². The second-order valence-corrected chi connectivity index (χ2v) is 12.4. The van der Waals surface area contributed by atoms with Crippen molar-refractivity contribution in [2.75, 3.05) is 39.0 Å². The van der Waals surface area contributed by atoms with Crippen molar-refractivity contribution in [3.05, 3.63) is 17.0 Å². The summed E-state index contributed by atoms with van der Waals surface area (Å²) in [5.74, 6) is -0.563. The van der Waals surface area contributed by atoms with E-state index in [2.05, 4.69) is 5.32 Å². The Kier molecular flexibility index (Phi) is 8.03. The van der Waals surface area contributed by atoms with Crippen LogP contribution in [0.4, 0.5) is 0 Å². The summed E-state index contributed by atoms with van der Waals surface area (Å²) in [6.45, 7) is 5.32. The third-order valence-corrected chi connectivity index (χ3v) is 9.48. The van der Waals surface area contributed by atoms with E-state index in [0.717, 1.165) is 4.88 Å². The molecule has 0 aliphatic carbocycles. The molecule has 0 aromatic carbocycles. The van der Waals surface area contributed by atoms with Crippen LogP contribution in [0.3, 0.4) is 0 Å². The molecule has 0 saturated carbocycles. The quantitative estimate of drug-likeness (QED) is 0.569. The summed E-state index contributed by atoms with van der Waals surface area (Å²) >= 11 is 1.24. The first kappa shape index (κ1) is 23.3. The fraction of sp³-hybridized carbons (Fsp3) is 0.706. The third-order valence-electron chi connectivity index (χ3n) is 4.77. The van der Waals surface area contributed by atoms with Gasteiger partial charge in [0.1, 0.15) is 4.21 Å². The number of hydrogen-bond donors (Lipinski definition) is 1. The van der Waals surface area contributed by atoms with Crippen molar-refractivity contribution in [3.63, 3.8) is 0 Å². The van der Waals surface area contributed by atoms with Crippen molar-refractivity contribution in [2.24, 2.45) is 5.92 Å². The summed E-state index contributed by atoms with van der Waals surface area (Å²) in [6, 6.07) is 3.39. The predicted molar refractivity (Wildman–Crippen MR) is 110 cm³/mol. The van der Waals surface area contributed by atoms with E-state index in [4.69, 9.17) is 0 Å². The molecule has 1 aromatic heterocycles. The number of hydrogen-bond acceptors (Lipinski definition) is 6. The molecule has 2 rings (SSSR count). The zero-order valence-corrected chi connectivity index (χ0v) is 19.0. The lowest BCUT2D eigenvalue weighted by Crippen LogP contribution is -2.45. The first-order valence-electron chi connectivity index (χ1n) is 9.35. The molecule has 2 heterocycles. The number of rotatable bonds is 9. The fourth-order valence-electron chi connectivity index (χ4n) is 3.22. The molecule has 1 saturated heterocycles. The molecule has 11 heteroatoms. The smallest absolute Gasteiger partial charge is 0.252 e. The number of nitrogens with zero attached hydrogens (tertiary/aromatic N) is 2. The second kappa shape index (κ2) is 9.66. The molecule has 0 bridgehead atoms. The minimum absolute atomic E-state index is 0.176. The highest BCUT2D eigenvalue weighted by Crippen LogP contribution is 2.28. The zero-order chi connectivity index (χ0) is 20.9. The summed E-state index contributed by atoms with van der Waals surface area (Å²) in [6.07, 6.45) is 2.96. The Morgan fingerprint density at radius 1 is 1.32 bits per heavy atom. The molecule has 1 aromatic rings. The number of aryl methyl sites for hydroxylation is 1. The number of sulfonamides is 2. The van der Waals surface area contributed by atoms with Crippen LogP contribution in [-0.2, 0) is 24.8 Å². The van der Waals surface area contributed by atoms with Crippen LogP contribution in [0.1, 0.15) is 31.1 Å². The predicted octanol–water partition coefficient (Wildman–Crippen LogP) is 1.25. The van der Waals surface area contributed by atoms with Crippen LogP contribution in [0.25, 0.3) is 0 Å². The monoisotopic (exact) mass is 451 g/mol. The maximum Gasteiger partial charge on any atom is 0.252 e. The highest BCUT2D eigenvalue weighted by Gasteiger charge is 2.33. The van der Waals surface area contributed by atoms with Gasteiger partial charge in [-0.1, -0.05) is 6.92 Å². The lowest BCUT2D eigenvalue weighted by atomic mass is 9.99. The molecule has 8 nitrogen and oxygen atoms in total. The molecule has 0 spiro atoms. The van der Waals surface area contributed by atoms with Gasteiger partial charge in [0.2, 0.25) is 15.9 Å². The molecular formula is C17H29N3O5S3. The maximum atomic E-state index is 12.8. The molecule has 1 N–H and O–H groups in total. The molecular weight excluding hydrogens is 422 g/mol. The van der Waals surface area contributed by atoms with Crippen molar-refractivity contribution >= 4 is 37.3 Å². The van der Waals surface area contributed by atoms with Crippen LogP contribution in [0.15, 0.2) is 16.3 Å². The Morgan fingerprint density at radius 2 is 2.04 bits per heavy atom. The number of nitrogens with one attached hydrogen (secondary N) is 1. The summed E-state index contributed by atoms with van der Waals surface area (Å²) in [5.41, 5.74) is 0. The van der Waals surface area contributed by atoms with Gasteiger partial charge in [-0.2, -0.15) is 4.31 Å². The van der Waals surface area contributed by atoms with E-state index >= 15 is 0 Å². The number of carbonyl (C=O) groups is 1. The van der Waals surface area contributed by atoms with Crippen LogP contribution >= 0.6 is 11.3 Å². The molecule has 1 amide bonds. The molecule has 1 fully saturated rings. The van der Waals surface area contributed by atoms with Gasteiger partial charge in [0.15, 0.2) is 0 Å². The average Bonchev–Trinajstić information content (AvgIpc) is 3.07. The first-order valence-corrected chi connectivity index (χ1v) is 13.5. The highest BCUT2D eigenvalue weighted by molar-refractivity contribution is 7.91. The normalized spacial score (nSPS) is 19.1. The minimum Gasteiger partial charge on any atom is -0.356 e. The van der Waals surface area contributed by atoms with E-state index in [9.17, 15) is 21.6 Å². The standard InChI is InChI=1S/C17H29N3O5S3/c1-4-19(27(3,22)23)12-6-10-18-17(21)15-7-5-11-20(13-15)28(24,25)16-9-8-14(2)26-16/h8-9,15H,4-7,10-13H2,1-3H3,(H,18,21). The Morgan fingerprint density at radius 3 is 2.61 bits per heavy atom. The van der Waals surface area contributed by atoms with Gasteiger partial charge >= 0.3 is 0 Å². The molecule has 1 aliphatic heterocycles. The van der Waals surface area contributed by atoms with Crippen LogP contribution in [0.2, 0.25) is 0 Å². The van der Waals surface area contributed by atoms with E-state index in [1.165, 1.54) is 26.2 Å². The lowest BCUT2D eigenvalue weighted by Gasteiger charge is -2.30. The Labute approximate surface area is 172 Å². The third kappa shape index (κ3) is 5.99. The van der Waals surface area contributed by atoms with Gasteiger partial charge < -0.3 is 5.32 Å². The number of thiophene rings is 1. The molecule has 1 atom stereocenters. The van der Waals surface area contributed by atoms with Gasteiger partial charge in [0.05, 0.1) is 12.2 Å². The minimum atomic E-state index is -3.57. The maximum absolute atomic E-state index is 12.8. The lowest BCUT2D eigenvalue weighted by molar-refractivity contribution is -0.126. The molecule has 1 unspecified atom stereocenters. The highest BCUT2D eigenvalue weighted by atomic mass is 32.2. The molecule has 1 aliphatic rings. The molecule has 28 heavy (non-hydrogen) atoms. The van der Waals surface area contributed by atoms with Crippen molar-refractivity contribution in [3.8, 4) is 0 Å². The summed E-state index contributed by atoms with van der Waals surface area (Å²) in [7, 11) is -6.80. The van der Waals surface area contributed by atoms with Crippen molar-refractivity contribution < 1.29 is 21.6 Å². The van der Waals surface area contributed by atoms with E-state index in [1.54, 1.807) is 19.1 Å². The summed E-state index contributed by atoms with van der Waals surface area (Å²) in [5, 5.41) is 2.82. The summed E-state index contributed by atoms with van der Waals surface area (Å²) < 4.78 is 51.7. The van der Waals surface area contributed by atoms with Crippen LogP contribution in [0, 0.1) is 12.8 Å². The van der Waals surface area contributed by atoms with Gasteiger partial charge in [-0.05, 0) is 38.3 Å². The first-order chi connectivity index (χ1) is 13.1. The van der Waals surface area contributed by atoms with Crippen LogP contribution in [-0.4, -0.2) is 70.3 Å². The fourth-order valence-corrected chi connectivity index (χ4v) is 7.11. The number of piperidine rings is 1. The van der Waals surface area contributed by atoms with Crippen molar-refractivity contribution in [2.45, 2.75) is 37.3 Å². The van der Waals surface area contributed by atoms with Crippen molar-refractivity contribution in [1.29, 1.82) is 0 Å². The number of amides is 1. The number of carbonyl (C=O) groups excluding carboxylic acids is 1. The Bertz CT molecular complexity index is 880. The van der Waals surface area contributed by atoms with Crippen LogP contribution in [0.5, 0.6) is 0 Å². The zero-order valence-electron chi connectivity index (χ0n) is 16.5. The summed E-state index contributed by atoms with van der Waals surface area (Å²) in [4.78, 5) is 13.4.